The average Bonchev–Trinajstić information content (AvgIpc) is 3.09. The highest BCUT2D eigenvalue weighted by Gasteiger charge is 2.31. The molecule has 6 nitrogen and oxygen atoms in total. The molecule has 168 valence electrons. The molecule has 3 rings (SSSR count). The van der Waals surface area contributed by atoms with Crippen molar-refractivity contribution in [1.82, 2.24) is 9.88 Å². The lowest BCUT2D eigenvalue weighted by atomic mass is 10.2. The Labute approximate surface area is 184 Å². The number of aromatic nitrogens is 1. The lowest BCUT2D eigenvalue weighted by Gasteiger charge is -2.16. The second-order valence-corrected chi connectivity index (χ2v) is 7.72. The molecule has 2 amide bonds. The van der Waals surface area contributed by atoms with Gasteiger partial charge in [-0.1, -0.05) is 0 Å². The number of halogens is 4. The van der Waals surface area contributed by atoms with Gasteiger partial charge in [-0.3, -0.25) is 9.59 Å². The number of hydrogen-bond acceptors (Lipinski definition) is 5. The van der Waals surface area contributed by atoms with Crippen LogP contribution in [-0.2, 0) is 4.79 Å². The minimum absolute atomic E-state index is 0.248. The van der Waals surface area contributed by atoms with Crippen LogP contribution in [0.2, 0.25) is 0 Å². The van der Waals surface area contributed by atoms with E-state index in [-0.39, 0.29) is 18.0 Å². The fraction of sp³-hybridized carbons (Fsp3) is 0.190. The molecule has 0 fully saturated rings. The first kappa shape index (κ1) is 23.2. The smallest absolute Gasteiger partial charge is 0.406 e. The molecule has 3 aromatic rings. The Morgan fingerprint density at radius 1 is 1.09 bits per heavy atom. The Morgan fingerprint density at radius 3 is 2.31 bits per heavy atom. The summed E-state index contributed by atoms with van der Waals surface area (Å²) in [6, 6.07) is 10.4. The van der Waals surface area contributed by atoms with E-state index in [9.17, 15) is 27.2 Å². The van der Waals surface area contributed by atoms with Crippen LogP contribution in [0.15, 0.2) is 48.5 Å². The largest absolute Gasteiger partial charge is 0.573 e. The molecule has 1 heterocycles. The number of rotatable bonds is 6. The molecular weight excluding hydrogens is 450 g/mol. The van der Waals surface area contributed by atoms with Gasteiger partial charge in [0.05, 0.1) is 12.2 Å². The number of anilines is 1. The number of hydrogen-bond donors (Lipinski definition) is 1. The second-order valence-electron chi connectivity index (χ2n) is 6.72. The predicted molar refractivity (Wildman–Crippen MR) is 111 cm³/mol. The van der Waals surface area contributed by atoms with Crippen molar-refractivity contribution in [3.05, 3.63) is 64.9 Å². The Bertz CT molecular complexity index is 1110. The first-order valence-electron chi connectivity index (χ1n) is 9.16. The first-order chi connectivity index (χ1) is 15.0. The SMILES string of the molecule is Cc1nc(-c2ccc(F)cc2)sc1C(=O)N(C)CC(=O)Nc1ccc(OC(F)(F)F)cc1. The third-order valence-corrected chi connectivity index (χ3v) is 5.38. The van der Waals surface area contributed by atoms with Gasteiger partial charge in [-0.15, -0.1) is 24.5 Å². The van der Waals surface area contributed by atoms with E-state index in [1.807, 2.05) is 0 Å². The number of ether oxygens (including phenoxy) is 1. The lowest BCUT2D eigenvalue weighted by Crippen LogP contribution is -2.34. The van der Waals surface area contributed by atoms with Gasteiger partial charge < -0.3 is 15.0 Å². The molecule has 0 bridgehead atoms. The maximum absolute atomic E-state index is 13.1. The summed E-state index contributed by atoms with van der Waals surface area (Å²) in [6.07, 6.45) is -4.81. The quantitative estimate of drug-likeness (QED) is 0.526. The summed E-state index contributed by atoms with van der Waals surface area (Å²) in [7, 11) is 1.44. The third kappa shape index (κ3) is 6.03. The number of nitrogens with zero attached hydrogens (tertiary/aromatic N) is 2. The van der Waals surface area contributed by atoms with Gasteiger partial charge in [0.25, 0.3) is 5.91 Å². The van der Waals surface area contributed by atoms with Crippen LogP contribution in [0.4, 0.5) is 23.2 Å². The van der Waals surface area contributed by atoms with Crippen molar-refractivity contribution in [1.29, 1.82) is 0 Å². The van der Waals surface area contributed by atoms with E-state index in [1.165, 1.54) is 36.2 Å². The van der Waals surface area contributed by atoms with Crippen LogP contribution < -0.4 is 10.1 Å². The number of likely N-dealkylation sites (N-methyl/N-ethyl adjacent to an activating group) is 1. The highest BCUT2D eigenvalue weighted by Crippen LogP contribution is 2.29. The van der Waals surface area contributed by atoms with Crippen LogP contribution in [0.5, 0.6) is 5.75 Å². The minimum Gasteiger partial charge on any atom is -0.406 e. The fourth-order valence-corrected chi connectivity index (χ4v) is 3.78. The van der Waals surface area contributed by atoms with E-state index in [0.29, 0.717) is 21.1 Å². The van der Waals surface area contributed by atoms with E-state index < -0.39 is 23.9 Å². The zero-order valence-corrected chi connectivity index (χ0v) is 17.7. The van der Waals surface area contributed by atoms with Gasteiger partial charge in [-0.2, -0.15) is 0 Å². The molecular formula is C21H17F4N3O3S. The van der Waals surface area contributed by atoms with Crippen molar-refractivity contribution in [3.63, 3.8) is 0 Å². The van der Waals surface area contributed by atoms with Gasteiger partial charge in [-0.25, -0.2) is 9.37 Å². The summed E-state index contributed by atoms with van der Waals surface area (Å²) in [4.78, 5) is 30.9. The first-order valence-corrected chi connectivity index (χ1v) is 9.98. The van der Waals surface area contributed by atoms with Crippen molar-refractivity contribution >= 4 is 28.8 Å². The Morgan fingerprint density at radius 2 is 1.72 bits per heavy atom. The predicted octanol–water partition coefficient (Wildman–Crippen LogP) is 4.87. The summed E-state index contributed by atoms with van der Waals surface area (Å²) >= 11 is 1.13. The highest BCUT2D eigenvalue weighted by molar-refractivity contribution is 7.17. The molecule has 0 aliphatic rings. The van der Waals surface area contributed by atoms with Crippen molar-refractivity contribution in [2.24, 2.45) is 0 Å². The summed E-state index contributed by atoms with van der Waals surface area (Å²) < 4.78 is 53.5. The zero-order valence-electron chi connectivity index (χ0n) is 16.9. The van der Waals surface area contributed by atoms with Crippen LogP contribution in [-0.4, -0.2) is 41.7 Å². The van der Waals surface area contributed by atoms with E-state index in [0.717, 1.165) is 23.5 Å². The zero-order chi connectivity index (χ0) is 23.5. The van der Waals surface area contributed by atoms with Crippen molar-refractivity contribution in [2.45, 2.75) is 13.3 Å². The summed E-state index contributed by atoms with van der Waals surface area (Å²) in [5.41, 5.74) is 1.39. The number of alkyl halides is 3. The fourth-order valence-electron chi connectivity index (χ4n) is 2.71. The number of carbonyl (C=O) groups is 2. The van der Waals surface area contributed by atoms with Crippen molar-refractivity contribution in [2.75, 3.05) is 18.9 Å². The van der Waals surface area contributed by atoms with Crippen LogP contribution in [0.25, 0.3) is 10.6 Å². The molecule has 2 aromatic carbocycles. The maximum Gasteiger partial charge on any atom is 0.573 e. The van der Waals surface area contributed by atoms with Crippen molar-refractivity contribution in [3.8, 4) is 16.3 Å². The number of thiazole rings is 1. The van der Waals surface area contributed by atoms with E-state index >= 15 is 0 Å². The van der Waals surface area contributed by atoms with E-state index in [2.05, 4.69) is 15.0 Å². The Hall–Kier alpha value is -3.47. The van der Waals surface area contributed by atoms with Crippen molar-refractivity contribution < 1.29 is 31.9 Å². The summed E-state index contributed by atoms with van der Waals surface area (Å²) in [6.45, 7) is 1.37. The van der Waals surface area contributed by atoms with E-state index in [4.69, 9.17) is 0 Å². The van der Waals surface area contributed by atoms with Gasteiger partial charge in [-0.05, 0) is 55.5 Å². The van der Waals surface area contributed by atoms with Crippen LogP contribution in [0.3, 0.4) is 0 Å². The van der Waals surface area contributed by atoms with Gasteiger partial charge in [0.1, 0.15) is 21.5 Å². The van der Waals surface area contributed by atoms with Gasteiger partial charge in [0.2, 0.25) is 5.91 Å². The molecule has 1 aromatic heterocycles. The number of carbonyl (C=O) groups excluding carboxylic acids is 2. The Kier molecular flexibility index (Phi) is 6.78. The molecule has 0 aliphatic heterocycles. The molecule has 32 heavy (non-hydrogen) atoms. The normalized spacial score (nSPS) is 11.2. The number of nitrogens with one attached hydrogen (secondary N) is 1. The number of aryl methyl sites for hydroxylation is 1. The highest BCUT2D eigenvalue weighted by atomic mass is 32.1. The van der Waals surface area contributed by atoms with Gasteiger partial charge >= 0.3 is 6.36 Å². The molecule has 0 saturated heterocycles. The molecule has 0 atom stereocenters. The molecule has 0 spiro atoms. The summed E-state index contributed by atoms with van der Waals surface area (Å²) in [5, 5.41) is 3.05. The molecule has 1 N–H and O–H groups in total. The molecule has 0 aliphatic carbocycles. The molecule has 0 saturated carbocycles. The molecule has 0 unspecified atom stereocenters. The van der Waals surface area contributed by atoms with Gasteiger partial charge in [0, 0.05) is 18.3 Å². The van der Waals surface area contributed by atoms with Gasteiger partial charge in [0.15, 0.2) is 0 Å². The maximum atomic E-state index is 13.1. The Balaban J connectivity index is 1.62. The average molecular weight is 467 g/mol. The van der Waals surface area contributed by atoms with E-state index in [1.54, 1.807) is 19.1 Å². The lowest BCUT2D eigenvalue weighted by molar-refractivity contribution is -0.274. The third-order valence-electron chi connectivity index (χ3n) is 4.18. The second kappa shape index (κ2) is 9.35. The number of amides is 2. The molecule has 11 heteroatoms. The standard InChI is InChI=1S/C21H17F4N3O3S/c1-12-18(32-19(26-12)13-3-5-14(22)6-4-13)20(30)28(2)11-17(29)27-15-7-9-16(10-8-15)31-21(23,24)25/h3-10H,11H2,1-2H3,(H,27,29). The van der Waals surface area contributed by atoms with Crippen LogP contribution >= 0.6 is 11.3 Å². The minimum atomic E-state index is -4.81. The monoisotopic (exact) mass is 467 g/mol. The van der Waals surface area contributed by atoms with Crippen LogP contribution in [0, 0.1) is 12.7 Å². The van der Waals surface area contributed by atoms with Crippen LogP contribution in [0.1, 0.15) is 15.4 Å². The molecule has 0 radical (unpaired) electrons. The number of benzene rings is 2. The summed E-state index contributed by atoms with van der Waals surface area (Å²) in [5.74, 6) is -1.75. The topological polar surface area (TPSA) is 71.5 Å².